The minimum atomic E-state index is 0.665. The first-order chi connectivity index (χ1) is 13.2. The number of nitrogens with one attached hydrogen (secondary N) is 1. The minimum Gasteiger partial charge on any atom is -0.360 e. The van der Waals surface area contributed by atoms with Crippen LogP contribution in [0.4, 0.5) is 17.5 Å². The maximum absolute atomic E-state index is 5.11. The number of anilines is 3. The van der Waals surface area contributed by atoms with E-state index in [9.17, 15) is 0 Å². The third-order valence-electron chi connectivity index (χ3n) is 5.01. The molecule has 0 bridgehead atoms. The lowest BCUT2D eigenvalue weighted by atomic mass is 9.90. The topological polar surface area (TPSA) is 67.1 Å². The molecule has 1 aliphatic rings. The highest BCUT2D eigenvalue weighted by atomic mass is 16.5. The molecule has 1 aliphatic heterocycles. The normalized spacial score (nSPS) is 15.1. The summed E-state index contributed by atoms with van der Waals surface area (Å²) in [5.74, 6) is 4.65. The Bertz CT molecular complexity index is 885. The molecule has 0 saturated carbocycles. The molecule has 1 N–H and O–H groups in total. The van der Waals surface area contributed by atoms with Gasteiger partial charge in [0, 0.05) is 25.2 Å². The van der Waals surface area contributed by atoms with Crippen LogP contribution in [0.15, 0.2) is 47.0 Å². The van der Waals surface area contributed by atoms with Gasteiger partial charge in [-0.2, -0.15) is 0 Å². The molecular formula is C21H25N5O. The molecule has 0 amide bonds. The SMILES string of the molecule is Cc1nc(Nc2cc(C)on2)cc(N2CCC(Cc3ccccc3)CC2)n1. The molecule has 1 fully saturated rings. The predicted octanol–water partition coefficient (Wildman–Crippen LogP) is 4.28. The number of aryl methyl sites for hydroxylation is 2. The van der Waals surface area contributed by atoms with Crippen LogP contribution in [0, 0.1) is 19.8 Å². The van der Waals surface area contributed by atoms with Gasteiger partial charge in [0.15, 0.2) is 5.82 Å². The molecule has 0 atom stereocenters. The maximum atomic E-state index is 5.11. The first-order valence-corrected chi connectivity index (χ1v) is 9.50. The monoisotopic (exact) mass is 363 g/mol. The summed E-state index contributed by atoms with van der Waals surface area (Å²) in [7, 11) is 0. The van der Waals surface area contributed by atoms with E-state index in [1.807, 2.05) is 26.0 Å². The van der Waals surface area contributed by atoms with Crippen LogP contribution in [0.5, 0.6) is 0 Å². The summed E-state index contributed by atoms with van der Waals surface area (Å²) in [6.07, 6.45) is 3.53. The zero-order valence-corrected chi connectivity index (χ0v) is 15.9. The molecule has 1 aromatic carbocycles. The zero-order valence-electron chi connectivity index (χ0n) is 15.9. The van der Waals surface area contributed by atoms with Crippen LogP contribution in [0.3, 0.4) is 0 Å². The Kier molecular flexibility index (Phi) is 5.05. The van der Waals surface area contributed by atoms with Crippen LogP contribution in [0.1, 0.15) is 30.0 Å². The summed E-state index contributed by atoms with van der Waals surface area (Å²) in [6, 6.07) is 14.6. The molecule has 0 unspecified atom stereocenters. The van der Waals surface area contributed by atoms with Crippen molar-refractivity contribution in [2.75, 3.05) is 23.3 Å². The number of hydrogen-bond donors (Lipinski definition) is 1. The second-order valence-electron chi connectivity index (χ2n) is 7.23. The molecule has 140 valence electrons. The van der Waals surface area contributed by atoms with Crippen LogP contribution in [-0.4, -0.2) is 28.2 Å². The highest BCUT2D eigenvalue weighted by molar-refractivity contribution is 5.56. The maximum Gasteiger partial charge on any atom is 0.175 e. The predicted molar refractivity (Wildman–Crippen MR) is 106 cm³/mol. The Morgan fingerprint density at radius 1 is 1.04 bits per heavy atom. The van der Waals surface area contributed by atoms with Gasteiger partial charge in [-0.3, -0.25) is 0 Å². The van der Waals surface area contributed by atoms with Gasteiger partial charge < -0.3 is 14.7 Å². The fourth-order valence-corrected chi connectivity index (χ4v) is 3.65. The van der Waals surface area contributed by atoms with E-state index < -0.39 is 0 Å². The highest BCUT2D eigenvalue weighted by Gasteiger charge is 2.21. The molecule has 2 aromatic heterocycles. The molecule has 3 heterocycles. The van der Waals surface area contributed by atoms with Crippen molar-refractivity contribution in [2.45, 2.75) is 33.1 Å². The summed E-state index contributed by atoms with van der Waals surface area (Å²) < 4.78 is 5.11. The van der Waals surface area contributed by atoms with Gasteiger partial charge in [-0.05, 0) is 44.6 Å². The summed E-state index contributed by atoms with van der Waals surface area (Å²) in [5, 5.41) is 7.18. The molecule has 3 aromatic rings. The van der Waals surface area contributed by atoms with E-state index in [1.165, 1.54) is 18.4 Å². The van der Waals surface area contributed by atoms with E-state index in [0.717, 1.165) is 48.6 Å². The Balaban J connectivity index is 1.40. The van der Waals surface area contributed by atoms with Gasteiger partial charge in [0.05, 0.1) is 0 Å². The van der Waals surface area contributed by atoms with Gasteiger partial charge in [0.2, 0.25) is 0 Å². The fraction of sp³-hybridized carbons (Fsp3) is 0.381. The summed E-state index contributed by atoms with van der Waals surface area (Å²) in [6.45, 7) is 5.84. The van der Waals surface area contributed by atoms with Crippen molar-refractivity contribution < 1.29 is 4.52 Å². The number of benzene rings is 1. The lowest BCUT2D eigenvalue weighted by molar-refractivity contribution is 0.400. The summed E-state index contributed by atoms with van der Waals surface area (Å²) >= 11 is 0. The number of rotatable bonds is 5. The Labute approximate surface area is 159 Å². The smallest absolute Gasteiger partial charge is 0.175 e. The van der Waals surface area contributed by atoms with Crippen LogP contribution < -0.4 is 10.2 Å². The van der Waals surface area contributed by atoms with E-state index in [4.69, 9.17) is 4.52 Å². The average Bonchev–Trinajstić information content (AvgIpc) is 3.07. The lowest BCUT2D eigenvalue weighted by Gasteiger charge is -2.33. The van der Waals surface area contributed by atoms with E-state index in [-0.39, 0.29) is 0 Å². The number of hydrogen-bond acceptors (Lipinski definition) is 6. The van der Waals surface area contributed by atoms with Gasteiger partial charge in [-0.15, -0.1) is 0 Å². The molecule has 0 radical (unpaired) electrons. The van der Waals surface area contributed by atoms with Crippen LogP contribution in [0.2, 0.25) is 0 Å². The lowest BCUT2D eigenvalue weighted by Crippen LogP contribution is -2.35. The van der Waals surface area contributed by atoms with Crippen molar-refractivity contribution in [1.82, 2.24) is 15.1 Å². The van der Waals surface area contributed by atoms with E-state index in [1.54, 1.807) is 0 Å². The molecular weight excluding hydrogens is 338 g/mol. The molecule has 0 aliphatic carbocycles. The van der Waals surface area contributed by atoms with Crippen molar-refractivity contribution in [3.8, 4) is 0 Å². The van der Waals surface area contributed by atoms with Crippen LogP contribution >= 0.6 is 0 Å². The summed E-state index contributed by atoms with van der Waals surface area (Å²) in [4.78, 5) is 11.5. The first kappa shape index (κ1) is 17.5. The van der Waals surface area contributed by atoms with Crippen molar-refractivity contribution in [1.29, 1.82) is 0 Å². The third kappa shape index (κ3) is 4.45. The van der Waals surface area contributed by atoms with E-state index >= 15 is 0 Å². The van der Waals surface area contributed by atoms with Gasteiger partial charge in [-0.25, -0.2) is 9.97 Å². The quantitative estimate of drug-likeness (QED) is 0.730. The van der Waals surface area contributed by atoms with Crippen molar-refractivity contribution in [3.05, 3.63) is 59.6 Å². The third-order valence-corrected chi connectivity index (χ3v) is 5.01. The second kappa shape index (κ2) is 7.78. The first-order valence-electron chi connectivity index (χ1n) is 9.50. The van der Waals surface area contributed by atoms with E-state index in [2.05, 4.69) is 55.7 Å². The van der Waals surface area contributed by atoms with Gasteiger partial charge in [-0.1, -0.05) is 35.5 Å². The Hall–Kier alpha value is -2.89. The molecule has 27 heavy (non-hydrogen) atoms. The van der Waals surface area contributed by atoms with Crippen molar-refractivity contribution >= 4 is 17.5 Å². The van der Waals surface area contributed by atoms with E-state index in [0.29, 0.717) is 5.82 Å². The molecule has 1 saturated heterocycles. The second-order valence-corrected chi connectivity index (χ2v) is 7.23. The average molecular weight is 363 g/mol. The molecule has 6 heteroatoms. The van der Waals surface area contributed by atoms with Gasteiger partial charge in [0.25, 0.3) is 0 Å². The Morgan fingerprint density at radius 2 is 1.81 bits per heavy atom. The highest BCUT2D eigenvalue weighted by Crippen LogP contribution is 2.26. The largest absolute Gasteiger partial charge is 0.360 e. The molecule has 6 nitrogen and oxygen atoms in total. The van der Waals surface area contributed by atoms with Gasteiger partial charge in [0.1, 0.15) is 23.2 Å². The molecule has 4 rings (SSSR count). The fourth-order valence-electron chi connectivity index (χ4n) is 3.65. The summed E-state index contributed by atoms with van der Waals surface area (Å²) in [5.41, 5.74) is 1.43. The number of piperidine rings is 1. The minimum absolute atomic E-state index is 0.665. The zero-order chi connectivity index (χ0) is 18.6. The standard InChI is InChI=1S/C21H25N5O/c1-15-12-20(25-27-15)24-19-14-21(23-16(2)22-19)26-10-8-18(9-11-26)13-17-6-4-3-5-7-17/h3-7,12,14,18H,8-11,13H2,1-2H3,(H,22,23,24,25). The Morgan fingerprint density at radius 3 is 2.52 bits per heavy atom. The van der Waals surface area contributed by atoms with Crippen LogP contribution in [-0.2, 0) is 6.42 Å². The number of nitrogens with zero attached hydrogens (tertiary/aromatic N) is 4. The molecule has 0 spiro atoms. The van der Waals surface area contributed by atoms with Crippen LogP contribution in [0.25, 0.3) is 0 Å². The van der Waals surface area contributed by atoms with Crippen molar-refractivity contribution in [2.24, 2.45) is 5.92 Å². The van der Waals surface area contributed by atoms with Gasteiger partial charge >= 0.3 is 0 Å². The number of aromatic nitrogens is 3. The van der Waals surface area contributed by atoms with Crippen molar-refractivity contribution in [3.63, 3.8) is 0 Å².